The van der Waals surface area contributed by atoms with Crippen LogP contribution >= 0.6 is 23.2 Å². The van der Waals surface area contributed by atoms with Gasteiger partial charge in [0.25, 0.3) is 0 Å². The molecule has 4 aromatic rings. The number of rotatable bonds is 12. The van der Waals surface area contributed by atoms with E-state index in [-0.39, 0.29) is 23.8 Å². The highest BCUT2D eigenvalue weighted by Gasteiger charge is 2.32. The normalized spacial score (nSPS) is 13.7. The maximum atomic E-state index is 13.1. The molecule has 8 nitrogen and oxygen atoms in total. The monoisotopic (exact) mass is 658 g/mol. The molecule has 1 heterocycles. The molecular weight excluding hydrogens is 627 g/mol. The standard InChI is InChI=1S/C36H32Cl2N2O6/c1-3-5-16-43-30-9-7-6-8-27(30)36(41)45-25-13-14-26-32(19-25)46-35(40)28(20-39)34(26)22-11-15-31(33(17-22)42-4-2)44-21-23-10-12-24(37)18-29(23)38/h6-15,17-19,34H,3-5,16,21,40H2,1-2H3. The maximum Gasteiger partial charge on any atom is 0.347 e. The molecule has 0 fully saturated rings. The van der Waals surface area contributed by atoms with E-state index < -0.39 is 11.9 Å². The van der Waals surface area contributed by atoms with E-state index >= 15 is 0 Å². The second-order valence-corrected chi connectivity index (χ2v) is 11.2. The third-order valence-electron chi connectivity index (χ3n) is 7.26. The summed E-state index contributed by atoms with van der Waals surface area (Å²) in [4.78, 5) is 13.1. The number of esters is 1. The van der Waals surface area contributed by atoms with Crippen LogP contribution in [0.25, 0.3) is 0 Å². The molecule has 5 rings (SSSR count). The molecule has 1 aliphatic heterocycles. The lowest BCUT2D eigenvalue weighted by molar-refractivity contribution is 0.0730. The predicted octanol–water partition coefficient (Wildman–Crippen LogP) is 8.59. The molecule has 0 radical (unpaired) electrons. The van der Waals surface area contributed by atoms with Crippen LogP contribution in [0, 0.1) is 11.3 Å². The molecule has 1 unspecified atom stereocenters. The van der Waals surface area contributed by atoms with E-state index in [2.05, 4.69) is 13.0 Å². The number of hydrogen-bond donors (Lipinski definition) is 1. The highest BCUT2D eigenvalue weighted by molar-refractivity contribution is 6.35. The summed E-state index contributed by atoms with van der Waals surface area (Å²) in [6.07, 6.45) is 1.84. The lowest BCUT2D eigenvalue weighted by atomic mass is 9.83. The van der Waals surface area contributed by atoms with Gasteiger partial charge in [0.1, 0.15) is 41.1 Å². The second-order valence-electron chi connectivity index (χ2n) is 10.4. The van der Waals surface area contributed by atoms with Gasteiger partial charge in [0.2, 0.25) is 5.88 Å². The summed E-state index contributed by atoms with van der Waals surface area (Å²) in [5, 5.41) is 11.1. The SMILES string of the molecule is CCCCOc1ccccc1C(=O)Oc1ccc2c(c1)OC(N)=C(C#N)C2c1ccc(OCc2ccc(Cl)cc2Cl)c(OCC)c1. The average Bonchev–Trinajstić information content (AvgIpc) is 3.04. The first-order valence-electron chi connectivity index (χ1n) is 14.8. The molecular formula is C36H32Cl2N2O6. The molecule has 0 aromatic heterocycles. The Balaban J connectivity index is 1.42. The predicted molar refractivity (Wildman–Crippen MR) is 176 cm³/mol. The van der Waals surface area contributed by atoms with Crippen molar-refractivity contribution in [1.29, 1.82) is 5.26 Å². The van der Waals surface area contributed by atoms with Crippen LogP contribution in [0.5, 0.6) is 28.7 Å². The number of carbonyl (C=O) groups excluding carboxylic acids is 1. The van der Waals surface area contributed by atoms with Crippen molar-refractivity contribution >= 4 is 29.2 Å². The molecule has 0 spiro atoms. The average molecular weight is 660 g/mol. The van der Waals surface area contributed by atoms with Gasteiger partial charge in [0.15, 0.2) is 11.5 Å². The third-order valence-corrected chi connectivity index (χ3v) is 7.85. The van der Waals surface area contributed by atoms with Gasteiger partial charge in [-0.3, -0.25) is 0 Å². The first-order valence-corrected chi connectivity index (χ1v) is 15.6. The van der Waals surface area contributed by atoms with Gasteiger partial charge in [-0.15, -0.1) is 0 Å². The van der Waals surface area contributed by atoms with Crippen LogP contribution in [0.1, 0.15) is 59.7 Å². The van der Waals surface area contributed by atoms with Crippen LogP contribution in [0.4, 0.5) is 0 Å². The number of nitrogens with zero attached hydrogens (tertiary/aromatic N) is 1. The minimum Gasteiger partial charge on any atom is -0.493 e. The van der Waals surface area contributed by atoms with E-state index in [0.29, 0.717) is 57.4 Å². The van der Waals surface area contributed by atoms with Crippen molar-refractivity contribution in [2.75, 3.05) is 13.2 Å². The van der Waals surface area contributed by atoms with Crippen molar-refractivity contribution in [2.24, 2.45) is 5.73 Å². The van der Waals surface area contributed by atoms with E-state index in [1.807, 2.05) is 19.1 Å². The van der Waals surface area contributed by atoms with E-state index in [1.54, 1.807) is 66.7 Å². The third kappa shape index (κ3) is 7.34. The smallest absolute Gasteiger partial charge is 0.347 e. The molecule has 0 bridgehead atoms. The molecule has 0 amide bonds. The van der Waals surface area contributed by atoms with Crippen molar-refractivity contribution in [3.8, 4) is 34.8 Å². The van der Waals surface area contributed by atoms with Crippen molar-refractivity contribution in [1.82, 2.24) is 0 Å². The highest BCUT2D eigenvalue weighted by Crippen LogP contribution is 2.45. The quantitative estimate of drug-likeness (QED) is 0.0914. The molecule has 1 aliphatic rings. The van der Waals surface area contributed by atoms with E-state index in [0.717, 1.165) is 24.0 Å². The van der Waals surface area contributed by atoms with Gasteiger partial charge in [-0.1, -0.05) is 66.9 Å². The number of fused-ring (bicyclic) bond motifs is 1. The summed E-state index contributed by atoms with van der Waals surface area (Å²) in [5.41, 5.74) is 8.95. The molecule has 46 heavy (non-hydrogen) atoms. The minimum absolute atomic E-state index is 0.0474. The first kappa shape index (κ1) is 32.6. The Labute approximate surface area is 277 Å². The zero-order valence-corrected chi connectivity index (χ0v) is 26.9. The van der Waals surface area contributed by atoms with Crippen LogP contribution in [-0.4, -0.2) is 19.2 Å². The van der Waals surface area contributed by atoms with Gasteiger partial charge in [0.05, 0.1) is 19.1 Å². The number of hydrogen-bond acceptors (Lipinski definition) is 8. The minimum atomic E-state index is -0.579. The number of halogens is 2. The summed E-state index contributed by atoms with van der Waals surface area (Å²) in [7, 11) is 0. The molecule has 0 aliphatic carbocycles. The number of nitriles is 1. The molecule has 10 heteroatoms. The molecule has 0 saturated carbocycles. The number of allylic oxidation sites excluding steroid dienone is 1. The fraction of sp³-hybridized carbons (Fsp3) is 0.222. The number of benzene rings is 4. The summed E-state index contributed by atoms with van der Waals surface area (Å²) >= 11 is 12.4. The van der Waals surface area contributed by atoms with Gasteiger partial charge in [0, 0.05) is 27.2 Å². The number of carbonyl (C=O) groups is 1. The van der Waals surface area contributed by atoms with E-state index in [1.165, 1.54) is 0 Å². The Morgan fingerprint density at radius 3 is 2.52 bits per heavy atom. The van der Waals surface area contributed by atoms with Gasteiger partial charge in [-0.25, -0.2) is 4.79 Å². The highest BCUT2D eigenvalue weighted by atomic mass is 35.5. The zero-order chi connectivity index (χ0) is 32.6. The molecule has 2 N–H and O–H groups in total. The second kappa shape index (κ2) is 15.0. The van der Waals surface area contributed by atoms with Crippen LogP contribution in [0.15, 0.2) is 90.3 Å². The summed E-state index contributed by atoms with van der Waals surface area (Å²) < 4.78 is 29.4. The zero-order valence-electron chi connectivity index (χ0n) is 25.3. The number of unbranched alkanes of at least 4 members (excludes halogenated alkanes) is 1. The topological polar surface area (TPSA) is 113 Å². The number of para-hydroxylation sites is 1. The first-order chi connectivity index (χ1) is 22.3. The Hall–Kier alpha value is -4.84. The van der Waals surface area contributed by atoms with Crippen LogP contribution in [-0.2, 0) is 6.61 Å². The fourth-order valence-electron chi connectivity index (χ4n) is 4.98. The van der Waals surface area contributed by atoms with Crippen molar-refractivity contribution < 1.29 is 28.5 Å². The molecule has 0 saturated heterocycles. The van der Waals surface area contributed by atoms with Gasteiger partial charge in [-0.05, 0) is 61.4 Å². The van der Waals surface area contributed by atoms with E-state index in [4.69, 9.17) is 52.6 Å². The largest absolute Gasteiger partial charge is 0.493 e. The van der Waals surface area contributed by atoms with Gasteiger partial charge in [-0.2, -0.15) is 5.26 Å². The van der Waals surface area contributed by atoms with Crippen LogP contribution in [0.3, 0.4) is 0 Å². The molecule has 1 atom stereocenters. The molecule has 236 valence electrons. The van der Waals surface area contributed by atoms with Crippen LogP contribution < -0.4 is 29.4 Å². The Morgan fingerprint density at radius 2 is 1.76 bits per heavy atom. The Bertz CT molecular complexity index is 1820. The molecule has 4 aromatic carbocycles. The fourth-order valence-corrected chi connectivity index (χ4v) is 5.44. The van der Waals surface area contributed by atoms with Gasteiger partial charge >= 0.3 is 5.97 Å². The lowest BCUT2D eigenvalue weighted by Gasteiger charge is -2.27. The number of ether oxygens (including phenoxy) is 5. The lowest BCUT2D eigenvalue weighted by Crippen LogP contribution is -2.21. The maximum absolute atomic E-state index is 13.1. The van der Waals surface area contributed by atoms with Gasteiger partial charge < -0.3 is 29.4 Å². The summed E-state index contributed by atoms with van der Waals surface area (Å²) in [5.74, 6) is 0.847. The van der Waals surface area contributed by atoms with Crippen molar-refractivity contribution in [3.63, 3.8) is 0 Å². The summed E-state index contributed by atoms with van der Waals surface area (Å²) in [6, 6.07) is 24.8. The van der Waals surface area contributed by atoms with Crippen molar-refractivity contribution in [2.45, 2.75) is 39.2 Å². The number of nitrogens with two attached hydrogens (primary N) is 1. The summed E-state index contributed by atoms with van der Waals surface area (Å²) in [6.45, 7) is 5.01. The van der Waals surface area contributed by atoms with E-state index in [9.17, 15) is 10.1 Å². The Morgan fingerprint density at radius 1 is 0.935 bits per heavy atom. The Kier molecular flexibility index (Phi) is 10.6. The van der Waals surface area contributed by atoms with Crippen molar-refractivity contribution in [3.05, 3.63) is 123 Å². The van der Waals surface area contributed by atoms with Crippen LogP contribution in [0.2, 0.25) is 10.0 Å².